The summed E-state index contributed by atoms with van der Waals surface area (Å²) in [5, 5.41) is 0. The second-order valence-electron chi connectivity index (χ2n) is 4.07. The Labute approximate surface area is 98.6 Å². The van der Waals surface area contributed by atoms with Crippen molar-refractivity contribution in [3.63, 3.8) is 0 Å². The van der Waals surface area contributed by atoms with E-state index in [4.69, 9.17) is 7.05 Å². The quantitative estimate of drug-likeness (QED) is 0.746. The van der Waals surface area contributed by atoms with Crippen LogP contribution < -0.4 is 4.90 Å². The zero-order chi connectivity index (χ0) is 12.5. The predicted molar refractivity (Wildman–Crippen MR) is 59.5 cm³/mol. The summed E-state index contributed by atoms with van der Waals surface area (Å²) in [7, 11) is 5.61. The molecule has 1 heterocycles. The Morgan fingerprint density at radius 3 is 1.94 bits per heavy atom. The average Bonchev–Trinajstić information content (AvgIpc) is 2.29. The van der Waals surface area contributed by atoms with Crippen molar-refractivity contribution in [3.8, 4) is 0 Å². The van der Waals surface area contributed by atoms with Gasteiger partial charge in [0.2, 0.25) is 0 Å². The first-order valence-corrected chi connectivity index (χ1v) is 5.39. The van der Waals surface area contributed by atoms with Crippen molar-refractivity contribution >= 4 is 5.69 Å². The smallest absolute Gasteiger partial charge is 0.369 e. The van der Waals surface area contributed by atoms with Crippen molar-refractivity contribution in [1.82, 2.24) is 4.90 Å². The van der Waals surface area contributed by atoms with E-state index in [1.807, 2.05) is 4.90 Å². The Morgan fingerprint density at radius 2 is 1.47 bits per heavy atom. The standard InChI is InChI=1S/C12H13F3N2/c1-16-6-8-17(9-7-16)11-4-2-10(3-5-11)12(13,14)15/h1-5H,6-9H2. The van der Waals surface area contributed by atoms with Crippen LogP contribution in [0.3, 0.4) is 0 Å². The monoisotopic (exact) mass is 242 g/mol. The molecule has 1 fully saturated rings. The van der Waals surface area contributed by atoms with E-state index in [0.717, 1.165) is 44.0 Å². The first-order chi connectivity index (χ1) is 7.97. The number of nitrogens with zero attached hydrogens (tertiary/aromatic N) is 2. The number of piperazine rings is 1. The molecule has 2 rings (SSSR count). The van der Waals surface area contributed by atoms with Gasteiger partial charge in [-0.3, -0.25) is 4.90 Å². The van der Waals surface area contributed by atoms with Crippen molar-refractivity contribution in [2.75, 3.05) is 31.1 Å². The van der Waals surface area contributed by atoms with E-state index in [-0.39, 0.29) is 0 Å². The van der Waals surface area contributed by atoms with Gasteiger partial charge in [0.15, 0.2) is 0 Å². The molecule has 0 aliphatic carbocycles. The molecule has 1 aliphatic heterocycles. The fourth-order valence-electron chi connectivity index (χ4n) is 1.84. The molecule has 0 amide bonds. The van der Waals surface area contributed by atoms with Gasteiger partial charge >= 0.3 is 6.18 Å². The molecular formula is C12H13F3N2. The van der Waals surface area contributed by atoms with Gasteiger partial charge in [-0.1, -0.05) is 0 Å². The first kappa shape index (κ1) is 12.2. The van der Waals surface area contributed by atoms with E-state index < -0.39 is 11.7 Å². The highest BCUT2D eigenvalue weighted by molar-refractivity contribution is 5.48. The molecule has 1 aliphatic rings. The van der Waals surface area contributed by atoms with Gasteiger partial charge in [-0.15, -0.1) is 0 Å². The Kier molecular flexibility index (Phi) is 3.28. The predicted octanol–water partition coefficient (Wildman–Crippen LogP) is 2.50. The second-order valence-corrected chi connectivity index (χ2v) is 4.07. The number of rotatable bonds is 1. The summed E-state index contributed by atoms with van der Waals surface area (Å²) >= 11 is 0. The van der Waals surface area contributed by atoms with Crippen LogP contribution in [-0.2, 0) is 6.18 Å². The van der Waals surface area contributed by atoms with Crippen molar-refractivity contribution in [3.05, 3.63) is 36.9 Å². The van der Waals surface area contributed by atoms with Gasteiger partial charge in [-0.25, -0.2) is 0 Å². The van der Waals surface area contributed by atoms with Gasteiger partial charge in [0.05, 0.1) is 5.56 Å². The summed E-state index contributed by atoms with van der Waals surface area (Å²) in [5.41, 5.74) is 0.199. The first-order valence-electron chi connectivity index (χ1n) is 5.39. The van der Waals surface area contributed by atoms with Gasteiger partial charge in [-0.2, -0.15) is 13.2 Å². The largest absolute Gasteiger partial charge is 0.416 e. The SMILES string of the molecule is [CH]N1CCN(c2ccc(C(F)(F)F)cc2)CC1. The zero-order valence-corrected chi connectivity index (χ0v) is 9.24. The minimum absolute atomic E-state index is 0.612. The van der Waals surface area contributed by atoms with Gasteiger partial charge < -0.3 is 4.90 Å². The van der Waals surface area contributed by atoms with Crippen LogP contribution in [0.5, 0.6) is 0 Å². The van der Waals surface area contributed by atoms with Gasteiger partial charge in [-0.05, 0) is 24.3 Å². The highest BCUT2D eigenvalue weighted by Crippen LogP contribution is 2.30. The lowest BCUT2D eigenvalue weighted by Gasteiger charge is -2.33. The second kappa shape index (κ2) is 4.56. The minimum Gasteiger partial charge on any atom is -0.369 e. The summed E-state index contributed by atoms with van der Waals surface area (Å²) in [6.07, 6.45) is -4.27. The van der Waals surface area contributed by atoms with Crippen LogP contribution in [0.15, 0.2) is 24.3 Å². The van der Waals surface area contributed by atoms with Crippen molar-refractivity contribution < 1.29 is 13.2 Å². The average molecular weight is 242 g/mol. The maximum absolute atomic E-state index is 12.4. The highest BCUT2D eigenvalue weighted by Gasteiger charge is 2.30. The molecule has 0 atom stereocenters. The topological polar surface area (TPSA) is 6.48 Å². The van der Waals surface area contributed by atoms with Crippen molar-refractivity contribution in [2.45, 2.75) is 6.18 Å². The summed E-state index contributed by atoms with van der Waals surface area (Å²) < 4.78 is 37.1. The van der Waals surface area contributed by atoms with E-state index in [1.54, 1.807) is 4.90 Å². The Hall–Kier alpha value is -1.23. The highest BCUT2D eigenvalue weighted by atomic mass is 19.4. The van der Waals surface area contributed by atoms with E-state index >= 15 is 0 Å². The van der Waals surface area contributed by atoms with Crippen LogP contribution in [0.4, 0.5) is 18.9 Å². The van der Waals surface area contributed by atoms with E-state index in [1.165, 1.54) is 12.1 Å². The molecule has 5 heteroatoms. The van der Waals surface area contributed by atoms with Gasteiger partial charge in [0, 0.05) is 38.9 Å². The third-order valence-electron chi connectivity index (χ3n) is 2.87. The molecule has 92 valence electrons. The van der Waals surface area contributed by atoms with E-state index in [9.17, 15) is 13.2 Å². The fraction of sp³-hybridized carbons (Fsp3) is 0.417. The van der Waals surface area contributed by atoms with Gasteiger partial charge in [0.25, 0.3) is 0 Å². The third kappa shape index (κ3) is 2.91. The number of benzene rings is 1. The van der Waals surface area contributed by atoms with Crippen LogP contribution in [-0.4, -0.2) is 31.1 Å². The molecule has 0 spiro atoms. The van der Waals surface area contributed by atoms with Crippen molar-refractivity contribution in [1.29, 1.82) is 0 Å². The van der Waals surface area contributed by atoms with E-state index in [2.05, 4.69) is 0 Å². The van der Waals surface area contributed by atoms with Crippen LogP contribution in [0.2, 0.25) is 0 Å². The Bertz CT molecular complexity index is 364. The lowest BCUT2D eigenvalue weighted by Crippen LogP contribution is -2.43. The minimum atomic E-state index is -4.27. The molecule has 0 aromatic heterocycles. The normalized spacial score (nSPS) is 18.5. The molecule has 0 N–H and O–H groups in total. The lowest BCUT2D eigenvalue weighted by molar-refractivity contribution is -0.137. The maximum Gasteiger partial charge on any atom is 0.416 e. The molecule has 1 aromatic rings. The number of halogens is 3. The Balaban J connectivity index is 2.08. The summed E-state index contributed by atoms with van der Waals surface area (Å²) in [5.74, 6) is 0. The molecule has 2 radical (unpaired) electrons. The number of anilines is 1. The van der Waals surface area contributed by atoms with Crippen LogP contribution in [0.25, 0.3) is 0 Å². The zero-order valence-electron chi connectivity index (χ0n) is 9.24. The van der Waals surface area contributed by atoms with Crippen LogP contribution in [0.1, 0.15) is 5.56 Å². The molecule has 17 heavy (non-hydrogen) atoms. The Morgan fingerprint density at radius 1 is 0.941 bits per heavy atom. The number of hydrogen-bond acceptors (Lipinski definition) is 2. The maximum atomic E-state index is 12.4. The fourth-order valence-corrected chi connectivity index (χ4v) is 1.84. The number of alkyl halides is 3. The lowest BCUT2D eigenvalue weighted by atomic mass is 10.1. The molecular weight excluding hydrogens is 229 g/mol. The summed E-state index contributed by atoms with van der Waals surface area (Å²) in [6.45, 7) is 2.92. The summed E-state index contributed by atoms with van der Waals surface area (Å²) in [6, 6.07) is 5.25. The third-order valence-corrected chi connectivity index (χ3v) is 2.87. The summed E-state index contributed by atoms with van der Waals surface area (Å²) in [4.78, 5) is 3.74. The van der Waals surface area contributed by atoms with E-state index in [0.29, 0.717) is 0 Å². The number of hydrogen-bond donors (Lipinski definition) is 0. The van der Waals surface area contributed by atoms with Crippen molar-refractivity contribution in [2.24, 2.45) is 0 Å². The van der Waals surface area contributed by atoms with Crippen LogP contribution >= 0.6 is 0 Å². The molecule has 1 aromatic carbocycles. The van der Waals surface area contributed by atoms with Crippen LogP contribution in [0, 0.1) is 7.05 Å². The molecule has 0 saturated carbocycles. The van der Waals surface area contributed by atoms with Gasteiger partial charge in [0.1, 0.15) is 0 Å². The molecule has 1 saturated heterocycles. The molecule has 0 unspecified atom stereocenters. The molecule has 0 bridgehead atoms. The molecule has 2 nitrogen and oxygen atoms in total.